The summed E-state index contributed by atoms with van der Waals surface area (Å²) >= 11 is 0. The Morgan fingerprint density at radius 3 is 2.81 bits per heavy atom. The van der Waals surface area contributed by atoms with Crippen LogP contribution in [0.15, 0.2) is 6.20 Å². The van der Waals surface area contributed by atoms with E-state index in [0.29, 0.717) is 6.04 Å². The van der Waals surface area contributed by atoms with Crippen molar-refractivity contribution < 1.29 is 0 Å². The molecule has 16 heavy (non-hydrogen) atoms. The molecule has 2 N–H and O–H groups in total. The largest absolute Gasteiger partial charge is 0.353 e. The van der Waals surface area contributed by atoms with Crippen molar-refractivity contribution in [1.29, 1.82) is 0 Å². The molecule has 4 nitrogen and oxygen atoms in total. The zero-order chi connectivity index (χ0) is 11.4. The molecule has 1 aromatic rings. The first kappa shape index (κ1) is 11.5. The van der Waals surface area contributed by atoms with Gasteiger partial charge in [0.1, 0.15) is 0 Å². The van der Waals surface area contributed by atoms with Gasteiger partial charge < -0.3 is 15.2 Å². The molecule has 1 aliphatic rings. The molecule has 2 rings (SSSR count). The lowest BCUT2D eigenvalue weighted by molar-refractivity contribution is 0.219. The van der Waals surface area contributed by atoms with E-state index >= 15 is 0 Å². The standard InChI is InChI=1S/C12H22N4/c1-3-6-16-7-4-11(5-8-16)15-12-13-9-10(2)14-12/h9,11H,3-8H2,1-2H3,(H2,13,14,15). The first-order valence-electron chi connectivity index (χ1n) is 6.28. The van der Waals surface area contributed by atoms with E-state index in [1.54, 1.807) is 0 Å². The number of H-pyrrole nitrogens is 1. The number of hydrogen-bond acceptors (Lipinski definition) is 3. The number of likely N-dealkylation sites (tertiary alicyclic amines) is 1. The molecule has 2 heterocycles. The zero-order valence-corrected chi connectivity index (χ0v) is 10.3. The molecule has 0 radical (unpaired) electrons. The first-order chi connectivity index (χ1) is 7.78. The third kappa shape index (κ3) is 2.98. The molecule has 0 atom stereocenters. The first-order valence-corrected chi connectivity index (χ1v) is 6.28. The number of nitrogens with one attached hydrogen (secondary N) is 2. The van der Waals surface area contributed by atoms with E-state index in [9.17, 15) is 0 Å². The average molecular weight is 222 g/mol. The van der Waals surface area contributed by atoms with E-state index in [1.165, 1.54) is 38.9 Å². The predicted molar refractivity (Wildman–Crippen MR) is 66.7 cm³/mol. The fraction of sp³-hybridized carbons (Fsp3) is 0.750. The maximum Gasteiger partial charge on any atom is 0.200 e. The molecule has 4 heteroatoms. The predicted octanol–water partition coefficient (Wildman–Crippen LogP) is 2.00. The molecule has 1 saturated heterocycles. The van der Waals surface area contributed by atoms with Crippen molar-refractivity contribution in [2.75, 3.05) is 25.0 Å². The highest BCUT2D eigenvalue weighted by atomic mass is 15.2. The molecule has 90 valence electrons. The van der Waals surface area contributed by atoms with Gasteiger partial charge in [-0.1, -0.05) is 6.92 Å². The lowest BCUT2D eigenvalue weighted by atomic mass is 10.1. The van der Waals surface area contributed by atoms with Crippen LogP contribution < -0.4 is 5.32 Å². The number of anilines is 1. The second-order valence-corrected chi connectivity index (χ2v) is 4.68. The van der Waals surface area contributed by atoms with Crippen LogP contribution in [-0.4, -0.2) is 40.5 Å². The van der Waals surface area contributed by atoms with Gasteiger partial charge in [-0.25, -0.2) is 4.98 Å². The van der Waals surface area contributed by atoms with Crippen molar-refractivity contribution in [2.45, 2.75) is 39.2 Å². The normalized spacial score (nSPS) is 18.9. The smallest absolute Gasteiger partial charge is 0.200 e. The summed E-state index contributed by atoms with van der Waals surface area (Å²) in [7, 11) is 0. The number of imidazole rings is 1. The van der Waals surface area contributed by atoms with Crippen LogP contribution in [0.2, 0.25) is 0 Å². The Kier molecular flexibility index (Phi) is 3.83. The number of aromatic amines is 1. The van der Waals surface area contributed by atoms with Crippen LogP contribution in [0.25, 0.3) is 0 Å². The van der Waals surface area contributed by atoms with Gasteiger partial charge in [0, 0.05) is 31.0 Å². The summed E-state index contributed by atoms with van der Waals surface area (Å²) in [5, 5.41) is 3.47. The van der Waals surface area contributed by atoms with Gasteiger partial charge in [0.05, 0.1) is 0 Å². The van der Waals surface area contributed by atoms with Gasteiger partial charge in [0.15, 0.2) is 0 Å². The van der Waals surface area contributed by atoms with Crippen molar-refractivity contribution in [2.24, 2.45) is 0 Å². The third-order valence-corrected chi connectivity index (χ3v) is 3.17. The van der Waals surface area contributed by atoms with Crippen molar-refractivity contribution in [1.82, 2.24) is 14.9 Å². The average Bonchev–Trinajstić information content (AvgIpc) is 2.67. The highest BCUT2D eigenvalue weighted by molar-refractivity contribution is 5.27. The molecule has 0 saturated carbocycles. The monoisotopic (exact) mass is 222 g/mol. The van der Waals surface area contributed by atoms with Crippen molar-refractivity contribution in [3.63, 3.8) is 0 Å². The van der Waals surface area contributed by atoms with E-state index in [4.69, 9.17) is 0 Å². The summed E-state index contributed by atoms with van der Waals surface area (Å²) in [4.78, 5) is 10.1. The summed E-state index contributed by atoms with van der Waals surface area (Å²) in [6.45, 7) is 7.95. The third-order valence-electron chi connectivity index (χ3n) is 3.17. The molecule has 1 aromatic heterocycles. The highest BCUT2D eigenvalue weighted by Gasteiger charge is 2.18. The Balaban J connectivity index is 1.77. The van der Waals surface area contributed by atoms with Crippen LogP contribution in [0.5, 0.6) is 0 Å². The number of piperidine rings is 1. The lowest BCUT2D eigenvalue weighted by Gasteiger charge is -2.31. The van der Waals surface area contributed by atoms with Gasteiger partial charge >= 0.3 is 0 Å². The molecule has 0 aromatic carbocycles. The van der Waals surface area contributed by atoms with E-state index in [0.717, 1.165) is 11.6 Å². The van der Waals surface area contributed by atoms with Crippen LogP contribution >= 0.6 is 0 Å². The van der Waals surface area contributed by atoms with Gasteiger partial charge in [0.2, 0.25) is 5.95 Å². The van der Waals surface area contributed by atoms with Gasteiger partial charge in [0.25, 0.3) is 0 Å². The van der Waals surface area contributed by atoms with Gasteiger partial charge in [-0.3, -0.25) is 0 Å². The summed E-state index contributed by atoms with van der Waals surface area (Å²) in [5.41, 5.74) is 1.12. The summed E-state index contributed by atoms with van der Waals surface area (Å²) in [6, 6.07) is 0.582. The molecule has 0 amide bonds. The van der Waals surface area contributed by atoms with Crippen molar-refractivity contribution in [3.05, 3.63) is 11.9 Å². The minimum absolute atomic E-state index is 0.582. The van der Waals surface area contributed by atoms with Crippen molar-refractivity contribution >= 4 is 5.95 Å². The number of rotatable bonds is 4. The van der Waals surface area contributed by atoms with E-state index in [2.05, 4.69) is 27.1 Å². The molecular formula is C12H22N4. The van der Waals surface area contributed by atoms with Crippen LogP contribution in [0.3, 0.4) is 0 Å². The Hall–Kier alpha value is -1.03. The Morgan fingerprint density at radius 2 is 2.25 bits per heavy atom. The molecular weight excluding hydrogens is 200 g/mol. The number of aryl methyl sites for hydroxylation is 1. The Labute approximate surface area is 97.4 Å². The van der Waals surface area contributed by atoms with Gasteiger partial charge in [-0.05, 0) is 32.7 Å². The second kappa shape index (κ2) is 5.34. The minimum Gasteiger partial charge on any atom is -0.353 e. The summed E-state index contributed by atoms with van der Waals surface area (Å²) in [6.07, 6.45) is 5.57. The zero-order valence-electron chi connectivity index (χ0n) is 10.3. The Bertz CT molecular complexity index is 313. The van der Waals surface area contributed by atoms with Gasteiger partial charge in [-0.2, -0.15) is 0 Å². The molecule has 0 spiro atoms. The number of nitrogens with zero attached hydrogens (tertiary/aromatic N) is 2. The molecule has 0 bridgehead atoms. The Morgan fingerprint density at radius 1 is 1.50 bits per heavy atom. The van der Waals surface area contributed by atoms with Crippen LogP contribution in [0.1, 0.15) is 31.9 Å². The number of aromatic nitrogens is 2. The van der Waals surface area contributed by atoms with Gasteiger partial charge in [-0.15, -0.1) is 0 Å². The maximum atomic E-state index is 4.28. The quantitative estimate of drug-likeness (QED) is 0.819. The maximum absolute atomic E-state index is 4.28. The molecule has 1 aliphatic heterocycles. The van der Waals surface area contributed by atoms with Crippen LogP contribution in [-0.2, 0) is 0 Å². The van der Waals surface area contributed by atoms with E-state index in [1.807, 2.05) is 13.1 Å². The SMILES string of the molecule is CCCN1CCC(Nc2ncc(C)[nH]2)CC1. The topological polar surface area (TPSA) is 44.0 Å². The summed E-state index contributed by atoms with van der Waals surface area (Å²) < 4.78 is 0. The van der Waals surface area contributed by atoms with E-state index in [-0.39, 0.29) is 0 Å². The highest BCUT2D eigenvalue weighted by Crippen LogP contribution is 2.14. The summed E-state index contributed by atoms with van der Waals surface area (Å²) in [5.74, 6) is 0.923. The lowest BCUT2D eigenvalue weighted by Crippen LogP contribution is -2.39. The molecule has 0 aliphatic carbocycles. The molecule has 0 unspecified atom stereocenters. The number of hydrogen-bond donors (Lipinski definition) is 2. The second-order valence-electron chi connectivity index (χ2n) is 4.68. The van der Waals surface area contributed by atoms with Crippen molar-refractivity contribution in [3.8, 4) is 0 Å². The minimum atomic E-state index is 0.582. The van der Waals surface area contributed by atoms with E-state index < -0.39 is 0 Å². The fourth-order valence-corrected chi connectivity index (χ4v) is 2.30. The molecule has 1 fully saturated rings. The van der Waals surface area contributed by atoms with Crippen LogP contribution in [0.4, 0.5) is 5.95 Å². The fourth-order valence-electron chi connectivity index (χ4n) is 2.30. The van der Waals surface area contributed by atoms with Crippen LogP contribution in [0, 0.1) is 6.92 Å².